The van der Waals surface area contributed by atoms with Crippen molar-refractivity contribution in [3.63, 3.8) is 0 Å². The number of nitrogens with one attached hydrogen (secondary N) is 3. The minimum atomic E-state index is -3.64. The summed E-state index contributed by atoms with van der Waals surface area (Å²) in [6.45, 7) is 5.91. The van der Waals surface area contributed by atoms with Crippen molar-refractivity contribution in [3.05, 3.63) is 65.5 Å². The third kappa shape index (κ3) is 7.07. The third-order valence-corrected chi connectivity index (χ3v) is 7.27. The van der Waals surface area contributed by atoms with Crippen molar-refractivity contribution < 1.29 is 17.6 Å². The molecule has 180 valence electrons. The monoisotopic (exact) mass is 476 g/mol. The lowest BCUT2D eigenvalue weighted by Gasteiger charge is -2.21. The van der Waals surface area contributed by atoms with E-state index in [4.69, 9.17) is 0 Å². The van der Waals surface area contributed by atoms with Gasteiger partial charge in [0.2, 0.25) is 10.0 Å². The summed E-state index contributed by atoms with van der Waals surface area (Å²) >= 11 is 0. The molecule has 7 nitrogen and oxygen atoms in total. The number of carbonyl (C=O) groups excluding carboxylic acids is 1. The topological polar surface area (TPSA) is 90.5 Å². The quantitative estimate of drug-likeness (QED) is 0.544. The number of hydrogen-bond acceptors (Lipinski definition) is 5. The molecule has 1 saturated heterocycles. The van der Waals surface area contributed by atoms with Crippen molar-refractivity contribution in [2.24, 2.45) is 0 Å². The Morgan fingerprint density at radius 3 is 2.33 bits per heavy atom. The van der Waals surface area contributed by atoms with Gasteiger partial charge in [0.15, 0.2) is 0 Å². The Bertz CT molecular complexity index is 1050. The molecule has 1 aliphatic rings. The molecule has 0 radical (unpaired) electrons. The number of hydrazine groups is 1. The van der Waals surface area contributed by atoms with Crippen molar-refractivity contribution in [1.29, 1.82) is 0 Å². The maximum absolute atomic E-state index is 13.1. The van der Waals surface area contributed by atoms with Crippen LogP contribution in [0.15, 0.2) is 53.4 Å². The molecule has 1 aliphatic heterocycles. The number of halogens is 1. The number of sulfonamides is 1. The molecule has 0 aromatic heterocycles. The van der Waals surface area contributed by atoms with Crippen LogP contribution in [0.4, 0.5) is 4.39 Å². The van der Waals surface area contributed by atoms with Crippen LogP contribution in [0, 0.1) is 5.82 Å². The zero-order chi connectivity index (χ0) is 24.2. The van der Waals surface area contributed by atoms with Gasteiger partial charge in [-0.1, -0.05) is 12.1 Å². The van der Waals surface area contributed by atoms with Crippen LogP contribution in [0.2, 0.25) is 0 Å². The van der Waals surface area contributed by atoms with Gasteiger partial charge in [-0.15, -0.1) is 0 Å². The Hall–Kier alpha value is -2.33. The van der Waals surface area contributed by atoms with Gasteiger partial charge >= 0.3 is 0 Å². The smallest absolute Gasteiger partial charge is 0.253 e. The second-order valence-electron chi connectivity index (χ2n) is 9.57. The molecule has 1 fully saturated rings. The van der Waals surface area contributed by atoms with Gasteiger partial charge in [0, 0.05) is 36.8 Å². The van der Waals surface area contributed by atoms with Gasteiger partial charge in [0.25, 0.3) is 5.91 Å². The first-order valence-corrected chi connectivity index (χ1v) is 12.6. The first kappa shape index (κ1) is 25.3. The van der Waals surface area contributed by atoms with Crippen LogP contribution in [0.3, 0.4) is 0 Å². The van der Waals surface area contributed by atoms with Crippen LogP contribution in [0.1, 0.15) is 62.0 Å². The molecular formula is C24H33FN4O3S. The van der Waals surface area contributed by atoms with Crippen LogP contribution < -0.4 is 15.6 Å². The predicted molar refractivity (Wildman–Crippen MR) is 127 cm³/mol. The molecule has 1 heterocycles. The van der Waals surface area contributed by atoms with E-state index in [1.54, 1.807) is 57.0 Å². The Morgan fingerprint density at radius 1 is 1.09 bits per heavy atom. The molecule has 33 heavy (non-hydrogen) atoms. The van der Waals surface area contributed by atoms with E-state index in [1.807, 2.05) is 0 Å². The molecule has 0 aliphatic carbocycles. The minimum Gasteiger partial charge on any atom is -0.342 e. The minimum absolute atomic E-state index is 0.132. The lowest BCUT2D eigenvalue weighted by molar-refractivity contribution is 0.0791. The van der Waals surface area contributed by atoms with Crippen LogP contribution in [-0.4, -0.2) is 44.4 Å². The Kier molecular flexibility index (Phi) is 7.89. The van der Waals surface area contributed by atoms with Crippen LogP contribution >= 0.6 is 0 Å². The standard InChI is InChI=1S/C24H33FN4O3S/c1-24(2,3)28-33(31,32)21-13-9-18(10-14-21)23(30)29(4)15-5-6-20-16-22(27-26-20)17-7-11-19(25)12-8-17/h7-14,20,22,26-28H,5-6,15-16H2,1-4H3. The number of benzene rings is 2. The van der Waals surface area contributed by atoms with Gasteiger partial charge < -0.3 is 4.90 Å². The van der Waals surface area contributed by atoms with E-state index in [-0.39, 0.29) is 28.7 Å². The first-order valence-electron chi connectivity index (χ1n) is 11.1. The summed E-state index contributed by atoms with van der Waals surface area (Å²) in [4.78, 5) is 14.5. The Balaban J connectivity index is 1.47. The second-order valence-corrected chi connectivity index (χ2v) is 11.3. The molecule has 9 heteroatoms. The van der Waals surface area contributed by atoms with Gasteiger partial charge in [-0.2, -0.15) is 0 Å². The average Bonchev–Trinajstić information content (AvgIpc) is 3.21. The molecule has 2 atom stereocenters. The summed E-state index contributed by atoms with van der Waals surface area (Å²) in [7, 11) is -1.89. The maximum Gasteiger partial charge on any atom is 0.253 e. The van der Waals surface area contributed by atoms with Crippen LogP contribution in [0.5, 0.6) is 0 Å². The molecule has 3 N–H and O–H groups in total. The predicted octanol–water partition coefficient (Wildman–Crippen LogP) is 3.36. The largest absolute Gasteiger partial charge is 0.342 e. The van der Waals surface area contributed by atoms with Gasteiger partial charge in [-0.05, 0) is 82.0 Å². The summed E-state index contributed by atoms with van der Waals surface area (Å²) in [5, 5.41) is 0. The fraction of sp³-hybridized carbons (Fsp3) is 0.458. The summed E-state index contributed by atoms with van der Waals surface area (Å²) in [5.41, 5.74) is 7.44. The highest BCUT2D eigenvalue weighted by Crippen LogP contribution is 2.24. The fourth-order valence-corrected chi connectivity index (χ4v) is 5.28. The zero-order valence-corrected chi connectivity index (χ0v) is 20.4. The number of rotatable bonds is 8. The molecule has 2 aromatic rings. The zero-order valence-electron chi connectivity index (χ0n) is 19.6. The first-order chi connectivity index (χ1) is 15.4. The van der Waals surface area contributed by atoms with Crippen molar-refractivity contribution in [1.82, 2.24) is 20.5 Å². The normalized spacial score (nSPS) is 18.9. The van der Waals surface area contributed by atoms with Crippen molar-refractivity contribution in [2.75, 3.05) is 13.6 Å². The maximum atomic E-state index is 13.1. The highest BCUT2D eigenvalue weighted by molar-refractivity contribution is 7.89. The summed E-state index contributed by atoms with van der Waals surface area (Å²) in [6.07, 6.45) is 2.60. The second kappa shape index (κ2) is 10.3. The molecule has 0 bridgehead atoms. The summed E-state index contributed by atoms with van der Waals surface area (Å²) in [6, 6.07) is 12.9. The Morgan fingerprint density at radius 2 is 1.73 bits per heavy atom. The third-order valence-electron chi connectivity index (χ3n) is 5.50. The summed E-state index contributed by atoms with van der Waals surface area (Å²) in [5.74, 6) is -0.392. The van der Waals surface area contributed by atoms with Crippen molar-refractivity contribution >= 4 is 15.9 Å². The van der Waals surface area contributed by atoms with E-state index in [1.165, 1.54) is 24.3 Å². The molecule has 2 aromatic carbocycles. The van der Waals surface area contributed by atoms with Gasteiger partial charge in [-0.3, -0.25) is 15.6 Å². The van der Waals surface area contributed by atoms with Gasteiger partial charge in [0.05, 0.1) is 4.90 Å². The number of hydrogen-bond donors (Lipinski definition) is 3. The van der Waals surface area contributed by atoms with Crippen molar-refractivity contribution in [3.8, 4) is 0 Å². The lowest BCUT2D eigenvalue weighted by atomic mass is 9.99. The Labute approximate surface area is 195 Å². The van der Waals surface area contributed by atoms with Crippen LogP contribution in [-0.2, 0) is 10.0 Å². The van der Waals surface area contributed by atoms with Crippen molar-refractivity contribution in [2.45, 2.75) is 62.6 Å². The molecular weight excluding hydrogens is 443 g/mol. The highest BCUT2D eigenvalue weighted by atomic mass is 32.2. The average molecular weight is 477 g/mol. The van der Waals surface area contributed by atoms with Gasteiger partial charge in [0.1, 0.15) is 5.82 Å². The fourth-order valence-electron chi connectivity index (χ4n) is 3.86. The number of carbonyl (C=O) groups is 1. The number of amides is 1. The van der Waals surface area contributed by atoms with E-state index in [0.29, 0.717) is 12.1 Å². The van der Waals surface area contributed by atoms with E-state index < -0.39 is 15.6 Å². The number of nitrogens with zero attached hydrogens (tertiary/aromatic N) is 1. The summed E-state index contributed by atoms with van der Waals surface area (Å²) < 4.78 is 40.6. The highest BCUT2D eigenvalue weighted by Gasteiger charge is 2.25. The SMILES string of the molecule is CN(CCCC1CC(c2ccc(F)cc2)NN1)C(=O)c1ccc(S(=O)(=O)NC(C)(C)C)cc1. The molecule has 3 rings (SSSR count). The van der Waals surface area contributed by atoms with E-state index in [0.717, 1.165) is 24.8 Å². The van der Waals surface area contributed by atoms with E-state index in [9.17, 15) is 17.6 Å². The molecule has 0 spiro atoms. The van der Waals surface area contributed by atoms with E-state index in [2.05, 4.69) is 15.6 Å². The lowest BCUT2D eigenvalue weighted by Crippen LogP contribution is -2.40. The molecule has 0 saturated carbocycles. The van der Waals surface area contributed by atoms with E-state index >= 15 is 0 Å². The van der Waals surface area contributed by atoms with Crippen LogP contribution in [0.25, 0.3) is 0 Å². The van der Waals surface area contributed by atoms with Gasteiger partial charge in [-0.25, -0.2) is 17.5 Å². The molecule has 2 unspecified atom stereocenters. The molecule has 1 amide bonds.